The van der Waals surface area contributed by atoms with E-state index in [0.29, 0.717) is 11.9 Å². The third kappa shape index (κ3) is 3.22. The molecule has 2 heterocycles. The first-order valence-electron chi connectivity index (χ1n) is 6.81. The second kappa shape index (κ2) is 5.55. The van der Waals surface area contributed by atoms with E-state index in [0.717, 1.165) is 30.8 Å². The standard InChI is InChI=1S/C14H21N3O2/c1-9(2)12-7-10(3)15-14(16-12)17-6-4-5-11(17)8-13(18)19/h7,9,11H,4-6,8H2,1-3H3,(H,18,19). The van der Waals surface area contributed by atoms with E-state index in [4.69, 9.17) is 5.11 Å². The number of anilines is 1. The maximum absolute atomic E-state index is 10.9. The van der Waals surface area contributed by atoms with Gasteiger partial charge in [0.25, 0.3) is 0 Å². The third-order valence-corrected chi connectivity index (χ3v) is 3.50. The number of nitrogens with zero attached hydrogens (tertiary/aromatic N) is 3. The molecular weight excluding hydrogens is 242 g/mol. The Balaban J connectivity index is 2.27. The summed E-state index contributed by atoms with van der Waals surface area (Å²) in [6, 6.07) is 2.02. The van der Waals surface area contributed by atoms with Gasteiger partial charge in [-0.25, -0.2) is 9.97 Å². The van der Waals surface area contributed by atoms with Crippen LogP contribution < -0.4 is 4.90 Å². The smallest absolute Gasteiger partial charge is 0.305 e. The molecule has 1 fully saturated rings. The van der Waals surface area contributed by atoms with E-state index in [1.807, 2.05) is 17.9 Å². The molecule has 1 aromatic heterocycles. The molecule has 0 radical (unpaired) electrons. The molecule has 0 aliphatic carbocycles. The molecule has 0 saturated carbocycles. The van der Waals surface area contributed by atoms with Gasteiger partial charge in [0.2, 0.25) is 5.95 Å². The zero-order valence-electron chi connectivity index (χ0n) is 11.8. The van der Waals surface area contributed by atoms with Crippen molar-refractivity contribution in [3.8, 4) is 0 Å². The van der Waals surface area contributed by atoms with Gasteiger partial charge in [-0.15, -0.1) is 0 Å². The van der Waals surface area contributed by atoms with E-state index >= 15 is 0 Å². The number of carbonyl (C=O) groups is 1. The Kier molecular flexibility index (Phi) is 4.02. The Morgan fingerprint density at radius 3 is 2.89 bits per heavy atom. The number of hydrogen-bond acceptors (Lipinski definition) is 4. The Morgan fingerprint density at radius 1 is 1.53 bits per heavy atom. The maximum atomic E-state index is 10.9. The van der Waals surface area contributed by atoms with Crippen LogP contribution in [0.25, 0.3) is 0 Å². The summed E-state index contributed by atoms with van der Waals surface area (Å²) in [4.78, 5) is 22.0. The fourth-order valence-corrected chi connectivity index (χ4v) is 2.51. The molecule has 1 aliphatic heterocycles. The van der Waals surface area contributed by atoms with Crippen LogP contribution in [0.4, 0.5) is 5.95 Å². The molecule has 1 saturated heterocycles. The fraction of sp³-hybridized carbons (Fsp3) is 0.643. The molecule has 1 unspecified atom stereocenters. The lowest BCUT2D eigenvalue weighted by Crippen LogP contribution is -2.33. The lowest BCUT2D eigenvalue weighted by atomic mass is 10.1. The van der Waals surface area contributed by atoms with Gasteiger partial charge >= 0.3 is 5.97 Å². The number of carboxylic acids is 1. The van der Waals surface area contributed by atoms with E-state index in [9.17, 15) is 4.79 Å². The number of aryl methyl sites for hydroxylation is 1. The average Bonchev–Trinajstić information content (AvgIpc) is 2.75. The Labute approximate surface area is 113 Å². The van der Waals surface area contributed by atoms with Crippen LogP contribution in [0, 0.1) is 6.92 Å². The van der Waals surface area contributed by atoms with E-state index < -0.39 is 5.97 Å². The predicted molar refractivity (Wildman–Crippen MR) is 73.5 cm³/mol. The number of carboxylic acid groups (broad SMARTS) is 1. The number of rotatable bonds is 4. The highest BCUT2D eigenvalue weighted by Crippen LogP contribution is 2.26. The SMILES string of the molecule is Cc1cc(C(C)C)nc(N2CCCC2CC(=O)O)n1. The zero-order chi connectivity index (χ0) is 14.0. The first kappa shape index (κ1) is 13.8. The minimum Gasteiger partial charge on any atom is -0.481 e. The molecule has 19 heavy (non-hydrogen) atoms. The van der Waals surface area contributed by atoms with E-state index in [1.54, 1.807) is 0 Å². The molecule has 1 N–H and O–H groups in total. The molecule has 5 heteroatoms. The molecule has 1 atom stereocenters. The van der Waals surface area contributed by atoms with Crippen molar-refractivity contribution in [2.75, 3.05) is 11.4 Å². The molecule has 2 rings (SSSR count). The highest BCUT2D eigenvalue weighted by atomic mass is 16.4. The summed E-state index contributed by atoms with van der Waals surface area (Å²) in [5, 5.41) is 8.97. The van der Waals surface area contributed by atoms with Crippen molar-refractivity contribution in [1.29, 1.82) is 0 Å². The normalized spacial score (nSPS) is 19.2. The largest absolute Gasteiger partial charge is 0.481 e. The molecule has 104 valence electrons. The van der Waals surface area contributed by atoms with Crippen LogP contribution in [0.3, 0.4) is 0 Å². The van der Waals surface area contributed by atoms with Crippen molar-refractivity contribution in [2.45, 2.75) is 52.0 Å². The Hall–Kier alpha value is -1.65. The van der Waals surface area contributed by atoms with Crippen LogP contribution in [0.1, 0.15) is 50.4 Å². The summed E-state index contributed by atoms with van der Waals surface area (Å²) in [5.74, 6) is 0.280. The van der Waals surface area contributed by atoms with Gasteiger partial charge in [0.05, 0.1) is 6.42 Å². The Morgan fingerprint density at radius 2 is 2.26 bits per heavy atom. The minimum atomic E-state index is -0.756. The summed E-state index contributed by atoms with van der Waals surface area (Å²) in [5.41, 5.74) is 1.96. The Bertz CT molecular complexity index is 474. The summed E-state index contributed by atoms with van der Waals surface area (Å²) in [6.07, 6.45) is 2.07. The average molecular weight is 263 g/mol. The van der Waals surface area contributed by atoms with Crippen LogP contribution in [0.15, 0.2) is 6.07 Å². The van der Waals surface area contributed by atoms with Gasteiger partial charge in [-0.1, -0.05) is 13.8 Å². The van der Waals surface area contributed by atoms with Crippen molar-refractivity contribution in [1.82, 2.24) is 9.97 Å². The summed E-state index contributed by atoms with van der Waals surface area (Å²) in [7, 11) is 0. The lowest BCUT2D eigenvalue weighted by Gasteiger charge is -2.24. The second-order valence-electron chi connectivity index (χ2n) is 5.48. The predicted octanol–water partition coefficient (Wildman–Crippen LogP) is 2.35. The number of aromatic nitrogens is 2. The van der Waals surface area contributed by atoms with Gasteiger partial charge in [0.1, 0.15) is 0 Å². The van der Waals surface area contributed by atoms with Gasteiger partial charge < -0.3 is 10.0 Å². The van der Waals surface area contributed by atoms with Crippen molar-refractivity contribution >= 4 is 11.9 Å². The van der Waals surface area contributed by atoms with Gasteiger partial charge in [-0.2, -0.15) is 0 Å². The number of aliphatic carboxylic acids is 1. The summed E-state index contributed by atoms with van der Waals surface area (Å²) >= 11 is 0. The molecular formula is C14H21N3O2. The molecule has 0 bridgehead atoms. The quantitative estimate of drug-likeness (QED) is 0.903. The van der Waals surface area contributed by atoms with Gasteiger partial charge in [0, 0.05) is 24.0 Å². The molecule has 1 aliphatic rings. The highest BCUT2D eigenvalue weighted by molar-refractivity contribution is 5.68. The summed E-state index contributed by atoms with van der Waals surface area (Å²) < 4.78 is 0. The number of hydrogen-bond donors (Lipinski definition) is 1. The summed E-state index contributed by atoms with van der Waals surface area (Å²) in [6.45, 7) is 7.01. The van der Waals surface area contributed by atoms with Crippen LogP contribution in [0.2, 0.25) is 0 Å². The van der Waals surface area contributed by atoms with Gasteiger partial charge in [0.15, 0.2) is 0 Å². The van der Waals surface area contributed by atoms with E-state index in [1.165, 1.54) is 0 Å². The molecule has 5 nitrogen and oxygen atoms in total. The first-order chi connectivity index (χ1) is 8.97. The van der Waals surface area contributed by atoms with Gasteiger partial charge in [-0.3, -0.25) is 4.79 Å². The fourth-order valence-electron chi connectivity index (χ4n) is 2.51. The second-order valence-corrected chi connectivity index (χ2v) is 5.48. The van der Waals surface area contributed by atoms with Crippen LogP contribution in [-0.2, 0) is 4.79 Å². The van der Waals surface area contributed by atoms with Gasteiger partial charge in [-0.05, 0) is 31.7 Å². The van der Waals surface area contributed by atoms with Crippen molar-refractivity contribution in [2.24, 2.45) is 0 Å². The first-order valence-corrected chi connectivity index (χ1v) is 6.81. The van der Waals surface area contributed by atoms with Crippen molar-refractivity contribution < 1.29 is 9.90 Å². The molecule has 0 amide bonds. The van der Waals surface area contributed by atoms with Crippen molar-refractivity contribution in [3.05, 3.63) is 17.5 Å². The molecule has 1 aromatic rings. The monoisotopic (exact) mass is 263 g/mol. The molecule has 0 spiro atoms. The highest BCUT2D eigenvalue weighted by Gasteiger charge is 2.29. The lowest BCUT2D eigenvalue weighted by molar-refractivity contribution is -0.137. The van der Waals surface area contributed by atoms with Crippen LogP contribution >= 0.6 is 0 Å². The van der Waals surface area contributed by atoms with Crippen LogP contribution in [-0.4, -0.2) is 33.6 Å². The zero-order valence-corrected chi connectivity index (χ0v) is 11.8. The van der Waals surface area contributed by atoms with E-state index in [-0.39, 0.29) is 12.5 Å². The van der Waals surface area contributed by atoms with Crippen molar-refractivity contribution in [3.63, 3.8) is 0 Å². The minimum absolute atomic E-state index is 0.0271. The van der Waals surface area contributed by atoms with E-state index in [2.05, 4.69) is 23.8 Å². The topological polar surface area (TPSA) is 66.3 Å². The van der Waals surface area contributed by atoms with Crippen LogP contribution in [0.5, 0.6) is 0 Å². The maximum Gasteiger partial charge on any atom is 0.305 e. The molecule has 0 aromatic carbocycles. The third-order valence-electron chi connectivity index (χ3n) is 3.50.